The number of nitrogens with zero attached hydrogens (tertiary/aromatic N) is 3. The molecule has 3 aromatic carbocycles. The van der Waals surface area contributed by atoms with Gasteiger partial charge in [0, 0.05) is 36.9 Å². The van der Waals surface area contributed by atoms with E-state index in [0.29, 0.717) is 37.0 Å². The van der Waals surface area contributed by atoms with E-state index < -0.39 is 10.0 Å². The number of halogens is 2. The Balaban J connectivity index is 1.56. The first-order chi connectivity index (χ1) is 17.2. The molecule has 1 fully saturated rings. The standard InChI is InChI=1S/C26H27Cl2N3O4S/c1-19-8-9-20(27)16-24(19)29-12-14-30(15-13-29)26(32)18-31(21-10-11-25(35-2)23(28)17-21)36(33,34)22-6-4-3-5-7-22/h3-11,16-17H,12-15,18H2,1-2H3. The predicted molar refractivity (Wildman–Crippen MR) is 144 cm³/mol. The summed E-state index contributed by atoms with van der Waals surface area (Å²) >= 11 is 12.5. The predicted octanol–water partition coefficient (Wildman–Crippen LogP) is 4.85. The molecule has 0 saturated carbocycles. The third-order valence-electron chi connectivity index (χ3n) is 6.18. The van der Waals surface area contributed by atoms with Gasteiger partial charge in [0.25, 0.3) is 10.0 Å². The van der Waals surface area contributed by atoms with Crippen molar-refractivity contribution in [2.45, 2.75) is 11.8 Å². The molecule has 190 valence electrons. The van der Waals surface area contributed by atoms with Gasteiger partial charge in [0.1, 0.15) is 12.3 Å². The normalized spacial score (nSPS) is 14.0. The fourth-order valence-electron chi connectivity index (χ4n) is 4.19. The molecule has 1 heterocycles. The minimum absolute atomic E-state index is 0.0889. The Kier molecular flexibility index (Phi) is 7.97. The summed E-state index contributed by atoms with van der Waals surface area (Å²) in [6.07, 6.45) is 0. The number of rotatable bonds is 7. The van der Waals surface area contributed by atoms with Gasteiger partial charge in [-0.05, 0) is 55.0 Å². The number of anilines is 2. The summed E-state index contributed by atoms with van der Waals surface area (Å²) in [6.45, 7) is 3.84. The van der Waals surface area contributed by atoms with Crippen LogP contribution in [0.3, 0.4) is 0 Å². The molecule has 0 atom stereocenters. The van der Waals surface area contributed by atoms with Crippen molar-refractivity contribution in [2.75, 3.05) is 49.0 Å². The number of ether oxygens (including phenoxy) is 1. The Morgan fingerprint density at radius 1 is 0.972 bits per heavy atom. The number of carbonyl (C=O) groups excluding carboxylic acids is 1. The lowest BCUT2D eigenvalue weighted by molar-refractivity contribution is -0.129. The van der Waals surface area contributed by atoms with Gasteiger partial charge in [0.2, 0.25) is 5.91 Å². The lowest BCUT2D eigenvalue weighted by Crippen LogP contribution is -2.52. The van der Waals surface area contributed by atoms with E-state index in [2.05, 4.69) is 4.90 Å². The zero-order chi connectivity index (χ0) is 25.9. The Morgan fingerprint density at radius 2 is 1.67 bits per heavy atom. The van der Waals surface area contributed by atoms with E-state index in [9.17, 15) is 13.2 Å². The van der Waals surface area contributed by atoms with Crippen LogP contribution < -0.4 is 13.9 Å². The van der Waals surface area contributed by atoms with Gasteiger partial charge in [-0.1, -0.05) is 47.5 Å². The average Bonchev–Trinajstić information content (AvgIpc) is 2.89. The largest absolute Gasteiger partial charge is 0.495 e. The first kappa shape index (κ1) is 26.1. The smallest absolute Gasteiger partial charge is 0.264 e. The molecule has 1 saturated heterocycles. The number of sulfonamides is 1. The average molecular weight is 548 g/mol. The highest BCUT2D eigenvalue weighted by molar-refractivity contribution is 7.92. The number of aryl methyl sites for hydroxylation is 1. The number of hydrogen-bond acceptors (Lipinski definition) is 5. The number of piperazine rings is 1. The van der Waals surface area contributed by atoms with Gasteiger partial charge in [0.15, 0.2) is 0 Å². The molecule has 4 rings (SSSR count). The van der Waals surface area contributed by atoms with Gasteiger partial charge in [0.05, 0.1) is 22.7 Å². The minimum Gasteiger partial charge on any atom is -0.495 e. The summed E-state index contributed by atoms with van der Waals surface area (Å²) in [7, 11) is -2.55. The molecule has 0 aliphatic carbocycles. The van der Waals surface area contributed by atoms with Crippen molar-refractivity contribution in [2.24, 2.45) is 0 Å². The van der Waals surface area contributed by atoms with Gasteiger partial charge in [-0.2, -0.15) is 0 Å². The molecule has 0 N–H and O–H groups in total. The van der Waals surface area contributed by atoms with Gasteiger partial charge in [-0.3, -0.25) is 9.10 Å². The molecule has 0 spiro atoms. The van der Waals surface area contributed by atoms with Crippen LogP contribution in [0.4, 0.5) is 11.4 Å². The van der Waals surface area contributed by atoms with E-state index in [1.165, 1.54) is 25.3 Å². The maximum atomic E-state index is 13.6. The number of hydrogen-bond donors (Lipinski definition) is 0. The third kappa shape index (κ3) is 5.56. The van der Waals surface area contributed by atoms with Gasteiger partial charge in [-0.25, -0.2) is 8.42 Å². The van der Waals surface area contributed by atoms with E-state index in [0.717, 1.165) is 15.6 Å². The minimum atomic E-state index is -4.03. The van der Waals surface area contributed by atoms with Crippen LogP contribution in [0.15, 0.2) is 71.6 Å². The number of carbonyl (C=O) groups is 1. The van der Waals surface area contributed by atoms with E-state index in [-0.39, 0.29) is 28.1 Å². The lowest BCUT2D eigenvalue weighted by atomic mass is 10.1. The second-order valence-corrected chi connectivity index (χ2v) is 11.1. The van der Waals surface area contributed by atoms with Crippen LogP contribution in [0.2, 0.25) is 10.0 Å². The first-order valence-corrected chi connectivity index (χ1v) is 13.6. The highest BCUT2D eigenvalue weighted by Gasteiger charge is 2.31. The molecule has 0 unspecified atom stereocenters. The Morgan fingerprint density at radius 3 is 2.31 bits per heavy atom. The van der Waals surface area contributed by atoms with Crippen molar-refractivity contribution >= 4 is 50.5 Å². The summed E-state index contributed by atoms with van der Waals surface area (Å²) in [4.78, 5) is 17.3. The van der Waals surface area contributed by atoms with Crippen LogP contribution in [-0.2, 0) is 14.8 Å². The summed E-state index contributed by atoms with van der Waals surface area (Å²) < 4.78 is 33.5. The quantitative estimate of drug-likeness (QED) is 0.422. The van der Waals surface area contributed by atoms with Crippen molar-refractivity contribution in [3.05, 3.63) is 82.3 Å². The molecule has 3 aromatic rings. The summed E-state index contributed by atoms with van der Waals surface area (Å²) in [5, 5.41) is 0.912. The fourth-order valence-corrected chi connectivity index (χ4v) is 6.03. The molecule has 1 aliphatic heterocycles. The fraction of sp³-hybridized carbons (Fsp3) is 0.269. The SMILES string of the molecule is COc1ccc(N(CC(=O)N2CCN(c3cc(Cl)ccc3C)CC2)S(=O)(=O)c2ccccc2)cc1Cl. The zero-order valence-electron chi connectivity index (χ0n) is 20.0. The Labute approximate surface area is 221 Å². The maximum absolute atomic E-state index is 13.6. The first-order valence-electron chi connectivity index (χ1n) is 11.4. The summed E-state index contributed by atoms with van der Waals surface area (Å²) in [5.74, 6) is 0.125. The monoisotopic (exact) mass is 547 g/mol. The van der Waals surface area contributed by atoms with Crippen LogP contribution in [0.25, 0.3) is 0 Å². The summed E-state index contributed by atoms with van der Waals surface area (Å²) in [6, 6.07) is 18.4. The van der Waals surface area contributed by atoms with E-state index in [4.69, 9.17) is 27.9 Å². The molecule has 10 heteroatoms. The van der Waals surface area contributed by atoms with E-state index in [1.807, 2.05) is 25.1 Å². The van der Waals surface area contributed by atoms with E-state index >= 15 is 0 Å². The molecular weight excluding hydrogens is 521 g/mol. The number of benzene rings is 3. The molecule has 1 amide bonds. The van der Waals surface area contributed by atoms with Crippen molar-refractivity contribution in [3.8, 4) is 5.75 Å². The van der Waals surface area contributed by atoms with E-state index in [1.54, 1.807) is 35.2 Å². The maximum Gasteiger partial charge on any atom is 0.264 e. The van der Waals surface area contributed by atoms with Gasteiger partial charge >= 0.3 is 0 Å². The van der Waals surface area contributed by atoms with Crippen LogP contribution in [0.1, 0.15) is 5.56 Å². The van der Waals surface area contributed by atoms with Crippen LogP contribution in [-0.4, -0.2) is 59.1 Å². The molecular formula is C26H27Cl2N3O4S. The molecule has 36 heavy (non-hydrogen) atoms. The molecule has 0 radical (unpaired) electrons. The molecule has 0 bridgehead atoms. The van der Waals surface area contributed by atoms with Crippen molar-refractivity contribution in [1.29, 1.82) is 0 Å². The van der Waals surface area contributed by atoms with Crippen LogP contribution in [0, 0.1) is 6.92 Å². The Bertz CT molecular complexity index is 1340. The Hall–Kier alpha value is -2.94. The molecule has 7 nitrogen and oxygen atoms in total. The van der Waals surface area contributed by atoms with Gasteiger partial charge < -0.3 is 14.5 Å². The van der Waals surface area contributed by atoms with Crippen molar-refractivity contribution in [3.63, 3.8) is 0 Å². The molecule has 0 aromatic heterocycles. The number of methoxy groups -OCH3 is 1. The lowest BCUT2D eigenvalue weighted by Gasteiger charge is -2.37. The van der Waals surface area contributed by atoms with Crippen LogP contribution >= 0.6 is 23.2 Å². The van der Waals surface area contributed by atoms with Crippen molar-refractivity contribution in [1.82, 2.24) is 4.90 Å². The van der Waals surface area contributed by atoms with Gasteiger partial charge in [-0.15, -0.1) is 0 Å². The molecule has 1 aliphatic rings. The number of amides is 1. The highest BCUT2D eigenvalue weighted by Crippen LogP contribution is 2.32. The highest BCUT2D eigenvalue weighted by atomic mass is 35.5. The zero-order valence-corrected chi connectivity index (χ0v) is 22.4. The third-order valence-corrected chi connectivity index (χ3v) is 8.50. The van der Waals surface area contributed by atoms with Crippen molar-refractivity contribution < 1.29 is 17.9 Å². The second kappa shape index (κ2) is 11.0. The summed E-state index contributed by atoms with van der Waals surface area (Å²) in [5.41, 5.74) is 2.43. The second-order valence-electron chi connectivity index (χ2n) is 8.44. The van der Waals surface area contributed by atoms with Crippen LogP contribution in [0.5, 0.6) is 5.75 Å². The topological polar surface area (TPSA) is 70.2 Å².